The maximum atomic E-state index is 12.5. The molecule has 0 aromatic heterocycles. The number of sulfonamides is 1. The molecular formula is C8H11FN2O2S. The van der Waals surface area contributed by atoms with Gasteiger partial charge in [0.05, 0.1) is 5.75 Å². The molecule has 1 rings (SSSR count). The molecule has 0 bridgehead atoms. The molecule has 0 aliphatic rings. The van der Waals surface area contributed by atoms with Crippen LogP contribution < -0.4 is 10.5 Å². The number of rotatable bonds is 4. The van der Waals surface area contributed by atoms with Gasteiger partial charge in [0.2, 0.25) is 10.0 Å². The van der Waals surface area contributed by atoms with Crippen molar-refractivity contribution in [1.29, 1.82) is 0 Å². The highest BCUT2D eigenvalue weighted by Gasteiger charge is 2.01. The summed E-state index contributed by atoms with van der Waals surface area (Å²) >= 11 is 0. The highest BCUT2D eigenvalue weighted by molar-refractivity contribution is 7.89. The molecule has 78 valence electrons. The van der Waals surface area contributed by atoms with Gasteiger partial charge in [-0.2, -0.15) is 0 Å². The molecule has 1 aromatic rings. The minimum Gasteiger partial charge on any atom is -0.384 e. The first-order valence-electron chi connectivity index (χ1n) is 3.97. The van der Waals surface area contributed by atoms with E-state index >= 15 is 0 Å². The van der Waals surface area contributed by atoms with E-state index in [0.717, 1.165) is 0 Å². The topological polar surface area (TPSA) is 72.2 Å². The van der Waals surface area contributed by atoms with Crippen molar-refractivity contribution in [2.45, 2.75) is 0 Å². The number of halogens is 1. The smallest absolute Gasteiger partial charge is 0.210 e. The lowest BCUT2D eigenvalue weighted by atomic mass is 10.3. The van der Waals surface area contributed by atoms with Crippen molar-refractivity contribution < 1.29 is 12.8 Å². The third kappa shape index (κ3) is 4.20. The van der Waals surface area contributed by atoms with Gasteiger partial charge in [-0.25, -0.2) is 17.9 Å². The van der Waals surface area contributed by atoms with Gasteiger partial charge in [0, 0.05) is 12.2 Å². The van der Waals surface area contributed by atoms with Crippen molar-refractivity contribution in [3.05, 3.63) is 30.1 Å². The molecule has 0 radical (unpaired) electrons. The van der Waals surface area contributed by atoms with E-state index in [-0.39, 0.29) is 18.1 Å². The van der Waals surface area contributed by atoms with Crippen LogP contribution in [0.1, 0.15) is 0 Å². The molecule has 0 atom stereocenters. The van der Waals surface area contributed by atoms with Crippen LogP contribution >= 0.6 is 0 Å². The Labute approximate surface area is 82.0 Å². The molecule has 14 heavy (non-hydrogen) atoms. The number of anilines is 1. The average Bonchev–Trinajstić information content (AvgIpc) is 2.06. The summed E-state index contributed by atoms with van der Waals surface area (Å²) < 4.78 is 33.6. The number of nitrogens with one attached hydrogen (secondary N) is 1. The summed E-state index contributed by atoms with van der Waals surface area (Å²) in [6, 6.07) is 5.63. The van der Waals surface area contributed by atoms with Gasteiger partial charge in [-0.1, -0.05) is 0 Å². The summed E-state index contributed by atoms with van der Waals surface area (Å²) in [5.74, 6) is -0.480. The van der Waals surface area contributed by atoms with Crippen molar-refractivity contribution in [2.24, 2.45) is 5.14 Å². The normalized spacial score (nSPS) is 11.3. The van der Waals surface area contributed by atoms with Crippen LogP contribution in [0, 0.1) is 5.82 Å². The standard InChI is InChI=1S/C8H11FN2O2S/c9-7-1-3-8(4-2-7)11-5-6-14(10,12)13/h1-4,11H,5-6H2,(H2,10,12,13). The SMILES string of the molecule is NS(=O)(=O)CCNc1ccc(F)cc1. The summed E-state index contributed by atoms with van der Waals surface area (Å²) in [7, 11) is -3.44. The van der Waals surface area contributed by atoms with Crippen LogP contribution in [0.25, 0.3) is 0 Å². The molecule has 4 nitrogen and oxygen atoms in total. The molecule has 0 spiro atoms. The van der Waals surface area contributed by atoms with Gasteiger partial charge >= 0.3 is 0 Å². The number of primary sulfonamides is 1. The van der Waals surface area contributed by atoms with Crippen molar-refractivity contribution in [3.63, 3.8) is 0 Å². The highest BCUT2D eigenvalue weighted by Crippen LogP contribution is 2.07. The Bertz CT molecular complexity index is 388. The maximum absolute atomic E-state index is 12.5. The first-order chi connectivity index (χ1) is 6.47. The van der Waals surface area contributed by atoms with Crippen molar-refractivity contribution in [3.8, 4) is 0 Å². The quantitative estimate of drug-likeness (QED) is 0.774. The minimum atomic E-state index is -3.44. The average molecular weight is 218 g/mol. The third-order valence-corrected chi connectivity index (χ3v) is 2.33. The number of hydrogen-bond donors (Lipinski definition) is 2. The molecule has 0 amide bonds. The molecule has 3 N–H and O–H groups in total. The van der Waals surface area contributed by atoms with E-state index in [4.69, 9.17) is 5.14 Å². The van der Waals surface area contributed by atoms with Crippen LogP contribution in [-0.4, -0.2) is 20.7 Å². The van der Waals surface area contributed by atoms with Crippen LogP contribution in [0.3, 0.4) is 0 Å². The van der Waals surface area contributed by atoms with Crippen LogP contribution in [0.4, 0.5) is 10.1 Å². The molecule has 0 saturated carbocycles. The Morgan fingerprint density at radius 3 is 2.36 bits per heavy atom. The van der Waals surface area contributed by atoms with E-state index in [1.807, 2.05) is 0 Å². The molecule has 0 unspecified atom stereocenters. The molecule has 0 fully saturated rings. The van der Waals surface area contributed by atoms with Crippen molar-refractivity contribution in [1.82, 2.24) is 0 Å². The van der Waals surface area contributed by atoms with Gasteiger partial charge in [0.1, 0.15) is 5.82 Å². The summed E-state index contributed by atoms with van der Waals surface area (Å²) in [4.78, 5) is 0. The largest absolute Gasteiger partial charge is 0.384 e. The van der Waals surface area contributed by atoms with E-state index in [2.05, 4.69) is 5.32 Å². The second kappa shape index (κ2) is 4.39. The van der Waals surface area contributed by atoms with E-state index in [0.29, 0.717) is 5.69 Å². The van der Waals surface area contributed by atoms with Gasteiger partial charge in [-0.15, -0.1) is 0 Å². The fraction of sp³-hybridized carbons (Fsp3) is 0.250. The molecule has 0 aliphatic carbocycles. The van der Waals surface area contributed by atoms with Gasteiger partial charge < -0.3 is 5.32 Å². The Morgan fingerprint density at radius 2 is 1.86 bits per heavy atom. The predicted octanol–water partition coefficient (Wildman–Crippen LogP) is 0.526. The fourth-order valence-corrected chi connectivity index (χ4v) is 1.29. The summed E-state index contributed by atoms with van der Waals surface area (Å²) in [5, 5.41) is 7.60. The van der Waals surface area contributed by atoms with Gasteiger partial charge in [-0.3, -0.25) is 0 Å². The Balaban J connectivity index is 2.43. The first-order valence-corrected chi connectivity index (χ1v) is 5.69. The van der Waals surface area contributed by atoms with Gasteiger partial charge in [0.25, 0.3) is 0 Å². The lowest BCUT2D eigenvalue weighted by molar-refractivity contribution is 0.598. The van der Waals surface area contributed by atoms with Crippen molar-refractivity contribution >= 4 is 15.7 Å². The highest BCUT2D eigenvalue weighted by atomic mass is 32.2. The molecule has 0 saturated heterocycles. The Kier molecular flexibility index (Phi) is 3.43. The van der Waals surface area contributed by atoms with Crippen LogP contribution in [0.15, 0.2) is 24.3 Å². The first kappa shape index (κ1) is 10.9. The number of benzene rings is 1. The zero-order valence-electron chi connectivity index (χ0n) is 7.40. The maximum Gasteiger partial charge on any atom is 0.210 e. The second-order valence-corrected chi connectivity index (χ2v) is 4.53. The lowest BCUT2D eigenvalue weighted by Gasteiger charge is -2.04. The minimum absolute atomic E-state index is 0.148. The van der Waals surface area contributed by atoms with Gasteiger partial charge in [-0.05, 0) is 24.3 Å². The monoisotopic (exact) mass is 218 g/mol. The molecular weight excluding hydrogens is 207 g/mol. The second-order valence-electron chi connectivity index (χ2n) is 2.80. The van der Waals surface area contributed by atoms with E-state index in [9.17, 15) is 12.8 Å². The zero-order chi connectivity index (χ0) is 10.6. The molecule has 6 heteroatoms. The van der Waals surface area contributed by atoms with Crippen LogP contribution in [-0.2, 0) is 10.0 Å². The van der Waals surface area contributed by atoms with Crippen LogP contribution in [0.5, 0.6) is 0 Å². The van der Waals surface area contributed by atoms with Crippen molar-refractivity contribution in [2.75, 3.05) is 17.6 Å². The Morgan fingerprint density at radius 1 is 1.29 bits per heavy atom. The summed E-state index contributed by atoms with van der Waals surface area (Å²) in [5.41, 5.74) is 0.662. The predicted molar refractivity (Wildman–Crippen MR) is 52.9 cm³/mol. The molecule has 0 heterocycles. The summed E-state index contributed by atoms with van der Waals surface area (Å²) in [6.45, 7) is 0.213. The molecule has 1 aromatic carbocycles. The van der Waals surface area contributed by atoms with E-state index < -0.39 is 10.0 Å². The van der Waals surface area contributed by atoms with E-state index in [1.54, 1.807) is 0 Å². The van der Waals surface area contributed by atoms with E-state index in [1.165, 1.54) is 24.3 Å². The fourth-order valence-electron chi connectivity index (χ4n) is 0.905. The number of hydrogen-bond acceptors (Lipinski definition) is 3. The Hall–Kier alpha value is -1.14. The summed E-state index contributed by atoms with van der Waals surface area (Å²) in [6.07, 6.45) is 0. The third-order valence-electron chi connectivity index (χ3n) is 1.56. The number of nitrogens with two attached hydrogens (primary N) is 1. The van der Waals surface area contributed by atoms with Gasteiger partial charge in [0.15, 0.2) is 0 Å². The zero-order valence-corrected chi connectivity index (χ0v) is 8.22. The lowest BCUT2D eigenvalue weighted by Crippen LogP contribution is -2.22. The van der Waals surface area contributed by atoms with Crippen LogP contribution in [0.2, 0.25) is 0 Å². The molecule has 0 aliphatic heterocycles.